The van der Waals surface area contributed by atoms with Crippen molar-refractivity contribution in [2.45, 2.75) is 12.1 Å². The molecule has 0 unspecified atom stereocenters. The molecule has 0 saturated carbocycles. The van der Waals surface area contributed by atoms with E-state index in [0.717, 1.165) is 33.6 Å². The van der Waals surface area contributed by atoms with Crippen LogP contribution in [0.15, 0.2) is 78.0 Å². The number of methoxy groups -OCH3 is 2. The quantitative estimate of drug-likeness (QED) is 0.224. The van der Waals surface area contributed by atoms with Gasteiger partial charge in [0, 0.05) is 22.2 Å². The summed E-state index contributed by atoms with van der Waals surface area (Å²) in [6.07, 6.45) is 0. The summed E-state index contributed by atoms with van der Waals surface area (Å²) in [5.74, 6) is 2.33. The average molecular weight is 485 g/mol. The predicted molar refractivity (Wildman–Crippen MR) is 138 cm³/mol. The van der Waals surface area contributed by atoms with Crippen LogP contribution >= 0.6 is 11.8 Å². The summed E-state index contributed by atoms with van der Waals surface area (Å²) < 4.78 is 12.8. The van der Waals surface area contributed by atoms with Gasteiger partial charge >= 0.3 is 0 Å². The van der Waals surface area contributed by atoms with E-state index in [-0.39, 0.29) is 11.5 Å². The van der Waals surface area contributed by atoms with Gasteiger partial charge in [0.05, 0.1) is 31.2 Å². The number of nitrogens with zero attached hydrogens (tertiary/aromatic N) is 3. The number of H-pyrrole nitrogens is 1. The number of nitrogens with one attached hydrogen (secondary N) is 1. The molecule has 0 amide bonds. The number of aryl methyl sites for hydroxylation is 1. The molecule has 0 saturated heterocycles. The number of thioether (sulfide) groups is 1. The maximum Gasteiger partial charge on any atom is 0.196 e. The van der Waals surface area contributed by atoms with Crippen LogP contribution in [0.3, 0.4) is 0 Å². The highest BCUT2D eigenvalue weighted by atomic mass is 32.2. The number of Topliss-reactive ketones (excluding diaryl/α,β-unsaturated/α-hetero) is 1. The molecule has 0 spiro atoms. The Morgan fingerprint density at radius 1 is 0.943 bits per heavy atom. The first kappa shape index (κ1) is 22.7. The molecule has 5 rings (SSSR count). The maximum atomic E-state index is 13.3. The van der Waals surface area contributed by atoms with Gasteiger partial charge in [0.25, 0.3) is 0 Å². The van der Waals surface area contributed by atoms with E-state index in [9.17, 15) is 4.79 Å². The van der Waals surface area contributed by atoms with Crippen molar-refractivity contribution in [3.05, 3.63) is 84.1 Å². The van der Waals surface area contributed by atoms with Crippen LogP contribution in [0.25, 0.3) is 28.0 Å². The Morgan fingerprint density at radius 2 is 1.69 bits per heavy atom. The Hall–Kier alpha value is -4.04. The van der Waals surface area contributed by atoms with Crippen molar-refractivity contribution in [3.8, 4) is 28.6 Å². The van der Waals surface area contributed by atoms with Crippen LogP contribution < -0.4 is 9.47 Å². The number of hydrogen-bond acceptors (Lipinski definition) is 6. The predicted octanol–water partition coefficient (Wildman–Crippen LogP) is 5.72. The van der Waals surface area contributed by atoms with Crippen LogP contribution in [0, 0.1) is 6.92 Å². The fourth-order valence-electron chi connectivity index (χ4n) is 4.17. The number of para-hydroxylation sites is 2. The smallest absolute Gasteiger partial charge is 0.196 e. The summed E-state index contributed by atoms with van der Waals surface area (Å²) in [6.45, 7) is 1.93. The van der Waals surface area contributed by atoms with Crippen molar-refractivity contribution in [2.75, 3.05) is 20.0 Å². The van der Waals surface area contributed by atoms with Gasteiger partial charge in [-0.2, -0.15) is 0 Å². The van der Waals surface area contributed by atoms with E-state index < -0.39 is 0 Å². The van der Waals surface area contributed by atoms with Crippen LogP contribution in [0.4, 0.5) is 0 Å². The fraction of sp³-hybridized carbons (Fsp3) is 0.148. The van der Waals surface area contributed by atoms with Crippen molar-refractivity contribution < 1.29 is 14.3 Å². The zero-order chi connectivity index (χ0) is 24.4. The normalized spacial score (nSPS) is 11.1. The van der Waals surface area contributed by atoms with E-state index >= 15 is 0 Å². The molecule has 35 heavy (non-hydrogen) atoms. The van der Waals surface area contributed by atoms with Crippen LogP contribution in [-0.4, -0.2) is 45.5 Å². The third kappa shape index (κ3) is 4.28. The lowest BCUT2D eigenvalue weighted by Gasteiger charge is -2.13. The van der Waals surface area contributed by atoms with E-state index in [1.807, 2.05) is 84.3 Å². The monoisotopic (exact) mass is 484 g/mol. The lowest BCUT2D eigenvalue weighted by Crippen LogP contribution is -2.06. The van der Waals surface area contributed by atoms with Crippen LogP contribution in [-0.2, 0) is 0 Å². The standard InChI is InChI=1S/C27H24N4O3S/c1-17-25(20-8-4-6-10-22(20)28-17)23(32)16-35-27-30-29-26(21-9-5-7-11-24(21)34-3)31(27)18-12-14-19(33-2)15-13-18/h4-15,28H,16H2,1-3H3. The van der Waals surface area contributed by atoms with Crippen molar-refractivity contribution in [1.29, 1.82) is 0 Å². The van der Waals surface area contributed by atoms with Crippen molar-refractivity contribution >= 4 is 28.4 Å². The summed E-state index contributed by atoms with van der Waals surface area (Å²) in [5, 5.41) is 10.5. The second kappa shape index (κ2) is 9.68. The third-order valence-corrected chi connectivity index (χ3v) is 6.75. The molecule has 2 aromatic heterocycles. The third-order valence-electron chi connectivity index (χ3n) is 5.82. The molecule has 0 radical (unpaired) electrons. The minimum absolute atomic E-state index is 0.0353. The summed E-state index contributed by atoms with van der Waals surface area (Å²) in [4.78, 5) is 16.6. The Balaban J connectivity index is 1.53. The molecule has 8 heteroatoms. The van der Waals surface area contributed by atoms with Crippen molar-refractivity contribution in [3.63, 3.8) is 0 Å². The number of ketones is 1. The highest BCUT2D eigenvalue weighted by Crippen LogP contribution is 2.34. The first-order chi connectivity index (χ1) is 17.1. The zero-order valence-electron chi connectivity index (χ0n) is 19.6. The number of aromatic amines is 1. The molecule has 1 N–H and O–H groups in total. The van der Waals surface area contributed by atoms with Crippen molar-refractivity contribution in [1.82, 2.24) is 19.7 Å². The van der Waals surface area contributed by atoms with Gasteiger partial charge < -0.3 is 14.5 Å². The Kier molecular flexibility index (Phi) is 6.29. The number of ether oxygens (including phenoxy) is 2. The maximum absolute atomic E-state index is 13.3. The molecule has 3 aromatic carbocycles. The minimum atomic E-state index is 0.0353. The number of benzene rings is 3. The number of hydrogen-bond donors (Lipinski definition) is 1. The minimum Gasteiger partial charge on any atom is -0.497 e. The van der Waals surface area contributed by atoms with E-state index in [0.29, 0.717) is 22.3 Å². The molecular formula is C27H24N4O3S. The van der Waals surface area contributed by atoms with Gasteiger partial charge in [-0.3, -0.25) is 9.36 Å². The Bertz CT molecular complexity index is 1500. The number of aromatic nitrogens is 4. The SMILES string of the molecule is COc1ccc(-n2c(SCC(=O)c3c(C)[nH]c4ccccc34)nnc2-c2ccccc2OC)cc1. The lowest BCUT2D eigenvalue weighted by molar-refractivity contribution is 0.102. The fourth-order valence-corrected chi connectivity index (χ4v) is 4.99. The van der Waals surface area contributed by atoms with E-state index in [1.165, 1.54) is 11.8 Å². The second-order valence-corrected chi connectivity index (χ2v) is 8.86. The second-order valence-electron chi connectivity index (χ2n) is 7.92. The van der Waals surface area contributed by atoms with Gasteiger partial charge in [0.2, 0.25) is 0 Å². The van der Waals surface area contributed by atoms with Crippen LogP contribution in [0.2, 0.25) is 0 Å². The summed E-state index contributed by atoms with van der Waals surface area (Å²) in [7, 11) is 3.26. The van der Waals surface area contributed by atoms with E-state index in [4.69, 9.17) is 9.47 Å². The molecular weight excluding hydrogens is 460 g/mol. The van der Waals surface area contributed by atoms with Gasteiger partial charge in [0.15, 0.2) is 16.8 Å². The molecule has 0 bridgehead atoms. The van der Waals surface area contributed by atoms with Gasteiger partial charge in [-0.15, -0.1) is 10.2 Å². The summed E-state index contributed by atoms with van der Waals surface area (Å²) >= 11 is 1.36. The Labute approximate surface area is 207 Å². The highest BCUT2D eigenvalue weighted by molar-refractivity contribution is 7.99. The molecule has 2 heterocycles. The van der Waals surface area contributed by atoms with Gasteiger partial charge in [-0.1, -0.05) is 42.1 Å². The van der Waals surface area contributed by atoms with Crippen LogP contribution in [0.5, 0.6) is 11.5 Å². The molecule has 176 valence electrons. The van der Waals surface area contributed by atoms with E-state index in [2.05, 4.69) is 15.2 Å². The van der Waals surface area contributed by atoms with Gasteiger partial charge in [-0.05, 0) is 49.4 Å². The number of carbonyl (C=O) groups is 1. The first-order valence-corrected chi connectivity index (χ1v) is 12.1. The molecule has 7 nitrogen and oxygen atoms in total. The molecule has 0 aliphatic heterocycles. The number of rotatable bonds is 8. The number of fused-ring (bicyclic) bond motifs is 1. The van der Waals surface area contributed by atoms with Gasteiger partial charge in [-0.25, -0.2) is 0 Å². The molecule has 0 aliphatic rings. The van der Waals surface area contributed by atoms with Gasteiger partial charge in [0.1, 0.15) is 11.5 Å². The van der Waals surface area contributed by atoms with Crippen molar-refractivity contribution in [2.24, 2.45) is 0 Å². The average Bonchev–Trinajstić information content (AvgIpc) is 3.47. The topological polar surface area (TPSA) is 82.0 Å². The largest absolute Gasteiger partial charge is 0.497 e. The highest BCUT2D eigenvalue weighted by Gasteiger charge is 2.22. The molecule has 0 aliphatic carbocycles. The molecule has 5 aromatic rings. The Morgan fingerprint density at radius 3 is 2.46 bits per heavy atom. The summed E-state index contributed by atoms with van der Waals surface area (Å²) in [6, 6.07) is 23.2. The molecule has 0 fully saturated rings. The summed E-state index contributed by atoms with van der Waals surface area (Å²) in [5.41, 5.74) is 4.20. The van der Waals surface area contributed by atoms with Crippen LogP contribution in [0.1, 0.15) is 16.1 Å². The lowest BCUT2D eigenvalue weighted by atomic mass is 10.1. The molecule has 0 atom stereocenters. The first-order valence-electron chi connectivity index (χ1n) is 11.1. The number of carbonyl (C=O) groups excluding carboxylic acids is 1. The zero-order valence-corrected chi connectivity index (χ0v) is 20.4. The van der Waals surface area contributed by atoms with E-state index in [1.54, 1.807) is 14.2 Å².